The van der Waals surface area contributed by atoms with Gasteiger partial charge in [0.25, 0.3) is 0 Å². The Balaban J connectivity index is 1.04. The van der Waals surface area contributed by atoms with Crippen molar-refractivity contribution in [2.24, 2.45) is 9.98 Å². The molecule has 6 unspecified atom stereocenters. The van der Waals surface area contributed by atoms with Crippen molar-refractivity contribution in [1.29, 1.82) is 0 Å². The maximum atomic E-state index is 13.3. The number of aliphatic imine (C=N–C) groups is 2. The fourth-order valence-electron chi connectivity index (χ4n) is 8.43. The summed E-state index contributed by atoms with van der Waals surface area (Å²) >= 11 is 0. The molecule has 4 aliphatic rings. The summed E-state index contributed by atoms with van der Waals surface area (Å²) in [6.45, 7) is 18.9. The first-order valence-corrected chi connectivity index (χ1v) is 19.5. The van der Waals surface area contributed by atoms with Crippen LogP contribution in [0.15, 0.2) is 83.3 Å². The Hall–Kier alpha value is -4.54. The van der Waals surface area contributed by atoms with Gasteiger partial charge in [0.05, 0.1) is 29.5 Å². The summed E-state index contributed by atoms with van der Waals surface area (Å²) in [4.78, 5) is 42.6. The van der Waals surface area contributed by atoms with Gasteiger partial charge in [0.1, 0.15) is 23.5 Å². The first-order chi connectivity index (χ1) is 25.6. The van der Waals surface area contributed by atoms with Crippen LogP contribution in [0.1, 0.15) is 85.3 Å². The molecule has 0 spiro atoms. The van der Waals surface area contributed by atoms with Gasteiger partial charge in [0.15, 0.2) is 0 Å². The molecule has 0 aromatic heterocycles. The normalized spacial score (nSPS) is 26.3. The van der Waals surface area contributed by atoms with Crippen LogP contribution in [0.4, 0.5) is 9.59 Å². The molecule has 2 amide bonds. The molecule has 7 rings (SSSR count). The predicted molar refractivity (Wildman–Crippen MR) is 216 cm³/mol. The molecule has 3 aromatic rings. The second-order valence-electron chi connectivity index (χ2n) is 17.4. The van der Waals surface area contributed by atoms with Crippen molar-refractivity contribution in [3.8, 4) is 11.1 Å². The van der Waals surface area contributed by atoms with Gasteiger partial charge in [-0.1, -0.05) is 54.6 Å². The molecule has 1 N–H and O–H groups in total. The number of fused-ring (bicyclic) bond motifs is 1. The number of ether oxygens (including phenoxy) is 2. The minimum atomic E-state index is -0.572. The molecule has 2 saturated heterocycles. The lowest BCUT2D eigenvalue weighted by Crippen LogP contribution is -2.50. The molecule has 0 bridgehead atoms. The van der Waals surface area contributed by atoms with Crippen LogP contribution in [0.2, 0.25) is 0 Å². The molecule has 0 aliphatic carbocycles. The van der Waals surface area contributed by atoms with Crippen LogP contribution in [0, 0.1) is 0 Å². The summed E-state index contributed by atoms with van der Waals surface area (Å²) in [6.07, 6.45) is 4.53. The first-order valence-electron chi connectivity index (χ1n) is 19.5. The van der Waals surface area contributed by atoms with Crippen LogP contribution in [0.3, 0.4) is 0 Å². The van der Waals surface area contributed by atoms with Crippen molar-refractivity contribution < 1.29 is 19.1 Å². The molecule has 4 aliphatic heterocycles. The zero-order valence-electron chi connectivity index (χ0n) is 33.1. The average molecular weight is 733 g/mol. The van der Waals surface area contributed by atoms with E-state index < -0.39 is 11.2 Å². The second kappa shape index (κ2) is 14.6. The Morgan fingerprint density at radius 1 is 0.741 bits per heavy atom. The highest BCUT2D eigenvalue weighted by molar-refractivity contribution is 6.06. The zero-order valence-corrected chi connectivity index (χ0v) is 33.1. The highest BCUT2D eigenvalue weighted by atomic mass is 16.6. The second-order valence-corrected chi connectivity index (χ2v) is 17.4. The highest BCUT2D eigenvalue weighted by Gasteiger charge is 2.45. The first kappa shape index (κ1) is 37.8. The number of hydrogen-bond donors (Lipinski definition) is 1. The minimum Gasteiger partial charge on any atom is -0.444 e. The molecule has 54 heavy (non-hydrogen) atoms. The van der Waals surface area contributed by atoms with Gasteiger partial charge in [-0.05, 0) is 126 Å². The smallest absolute Gasteiger partial charge is 0.411 e. The molecule has 0 saturated carbocycles. The van der Waals surface area contributed by atoms with Gasteiger partial charge in [0, 0.05) is 19.1 Å². The number of carbonyl (C=O) groups excluding carboxylic acids is 2. The third kappa shape index (κ3) is 7.82. The van der Waals surface area contributed by atoms with Crippen molar-refractivity contribution >= 4 is 34.4 Å². The third-order valence-corrected chi connectivity index (χ3v) is 11.0. The predicted octanol–water partition coefficient (Wildman–Crippen LogP) is 8.03. The van der Waals surface area contributed by atoms with Crippen molar-refractivity contribution in [3.05, 3.63) is 84.4 Å². The average Bonchev–Trinajstić information content (AvgIpc) is 3.92. The zero-order chi connectivity index (χ0) is 38.5. The minimum absolute atomic E-state index is 0.0308. The van der Waals surface area contributed by atoms with Crippen LogP contribution in [-0.4, -0.2) is 106 Å². The maximum Gasteiger partial charge on any atom is 0.411 e. The van der Waals surface area contributed by atoms with Crippen LogP contribution in [-0.2, 0) is 9.47 Å². The molecular formula is C44H56N6O4. The van der Waals surface area contributed by atoms with Crippen LogP contribution >= 0.6 is 0 Å². The Bertz CT molecular complexity index is 1980. The summed E-state index contributed by atoms with van der Waals surface area (Å²) < 4.78 is 11.5. The Labute approximate surface area is 320 Å². The molecule has 4 heterocycles. The van der Waals surface area contributed by atoms with E-state index in [2.05, 4.69) is 91.4 Å². The van der Waals surface area contributed by atoms with Crippen molar-refractivity contribution in [3.63, 3.8) is 0 Å². The van der Waals surface area contributed by atoms with Gasteiger partial charge in [-0.25, -0.2) is 9.59 Å². The van der Waals surface area contributed by atoms with E-state index in [-0.39, 0.29) is 48.7 Å². The van der Waals surface area contributed by atoms with E-state index in [0.29, 0.717) is 13.1 Å². The highest BCUT2D eigenvalue weighted by Crippen LogP contribution is 2.34. The number of likely N-dealkylation sites (N-methyl/N-ethyl adjacent to an activating group) is 1. The molecular weight excluding hydrogens is 677 g/mol. The monoisotopic (exact) mass is 732 g/mol. The van der Waals surface area contributed by atoms with E-state index in [1.807, 2.05) is 57.4 Å². The molecule has 2 fully saturated rings. The van der Waals surface area contributed by atoms with Crippen molar-refractivity contribution in [2.45, 2.75) is 122 Å². The van der Waals surface area contributed by atoms with E-state index >= 15 is 0 Å². The number of carbonyl (C=O) groups is 2. The van der Waals surface area contributed by atoms with Crippen LogP contribution < -0.4 is 5.32 Å². The van der Waals surface area contributed by atoms with E-state index in [1.54, 1.807) is 0 Å². The summed E-state index contributed by atoms with van der Waals surface area (Å²) in [5, 5.41) is 5.89. The summed E-state index contributed by atoms with van der Waals surface area (Å²) in [6, 6.07) is 21.7. The van der Waals surface area contributed by atoms with E-state index in [4.69, 9.17) is 19.5 Å². The van der Waals surface area contributed by atoms with Gasteiger partial charge in [-0.15, -0.1) is 6.58 Å². The SMILES string of the molecule is C=CC1CCC(C2N=C(c3ccc(-c4ccc5cc(C6=NC(C7CCC(C)N7C(=O)OC(C)(C)C)NC6)ccc5c4)cc3)CN2C)N1C(=O)OC(C)(C)C. The van der Waals surface area contributed by atoms with E-state index in [9.17, 15) is 9.59 Å². The number of likely N-dealkylation sites (tertiary alicyclic amines) is 2. The molecule has 3 aromatic carbocycles. The number of rotatable bonds is 6. The van der Waals surface area contributed by atoms with Crippen LogP contribution in [0.25, 0.3) is 21.9 Å². The molecule has 10 nitrogen and oxygen atoms in total. The van der Waals surface area contributed by atoms with Crippen molar-refractivity contribution in [2.75, 3.05) is 20.1 Å². The lowest BCUT2D eigenvalue weighted by atomic mass is 9.97. The number of nitrogens with one attached hydrogen (secondary N) is 1. The standard InChI is InChI=1S/C44H56N6O4/c1-10-34-20-22-38(50(34)42(52)54-44(6,7)8)40-47-36(26-48(40)9)29-14-12-28(13-15-29)30-16-17-32-24-33(19-18-31(32)23-30)35-25-45-39(46-35)37-21-11-27(2)49(37)41(51)53-43(3,4)5/h10,12-19,23-24,27,34,37-40,45H,1,11,20-22,25-26H2,2-9H3. The lowest BCUT2D eigenvalue weighted by molar-refractivity contribution is 0.0106. The van der Waals surface area contributed by atoms with Gasteiger partial charge in [-0.3, -0.25) is 30.0 Å². The lowest BCUT2D eigenvalue weighted by Gasteiger charge is -2.35. The Morgan fingerprint density at radius 3 is 1.96 bits per heavy atom. The maximum absolute atomic E-state index is 13.3. The van der Waals surface area contributed by atoms with E-state index in [1.165, 1.54) is 0 Å². The molecule has 0 radical (unpaired) electrons. The number of nitrogens with zero attached hydrogens (tertiary/aromatic N) is 5. The summed E-state index contributed by atoms with van der Waals surface area (Å²) in [7, 11) is 2.08. The third-order valence-electron chi connectivity index (χ3n) is 11.0. The fraction of sp³-hybridized carbons (Fsp3) is 0.500. The largest absolute Gasteiger partial charge is 0.444 e. The summed E-state index contributed by atoms with van der Waals surface area (Å²) in [5.41, 5.74) is 5.40. The molecule has 286 valence electrons. The van der Waals surface area contributed by atoms with Crippen LogP contribution in [0.5, 0.6) is 0 Å². The quantitative estimate of drug-likeness (QED) is 0.258. The number of hydrogen-bond acceptors (Lipinski definition) is 8. The van der Waals surface area contributed by atoms with Gasteiger partial charge in [-0.2, -0.15) is 0 Å². The number of benzene rings is 3. The Kier molecular flexibility index (Phi) is 10.2. The van der Waals surface area contributed by atoms with E-state index in [0.717, 1.165) is 70.1 Å². The fourth-order valence-corrected chi connectivity index (χ4v) is 8.43. The Morgan fingerprint density at radius 2 is 1.31 bits per heavy atom. The summed E-state index contributed by atoms with van der Waals surface area (Å²) in [5.74, 6) is 0. The topological polar surface area (TPSA) is 99.1 Å². The van der Waals surface area contributed by atoms with Gasteiger partial charge < -0.3 is 9.47 Å². The molecule has 6 atom stereocenters. The van der Waals surface area contributed by atoms with Gasteiger partial charge >= 0.3 is 12.2 Å². The van der Waals surface area contributed by atoms with Crippen molar-refractivity contribution in [1.82, 2.24) is 20.0 Å². The van der Waals surface area contributed by atoms with Gasteiger partial charge in [0.2, 0.25) is 0 Å². The number of amides is 2. The molecule has 10 heteroatoms.